The third-order valence-electron chi connectivity index (χ3n) is 5.42. The molecule has 7 heteroatoms. The van der Waals surface area contributed by atoms with Gasteiger partial charge >= 0.3 is 0 Å². The number of hydrogen-bond acceptors (Lipinski definition) is 4. The first kappa shape index (κ1) is 17.0. The van der Waals surface area contributed by atoms with E-state index >= 15 is 0 Å². The summed E-state index contributed by atoms with van der Waals surface area (Å²) in [4.78, 5) is 14.6. The zero-order valence-electron chi connectivity index (χ0n) is 14.9. The molecule has 1 amide bonds. The van der Waals surface area contributed by atoms with Crippen molar-refractivity contribution in [3.8, 4) is 0 Å². The molecule has 0 unspecified atom stereocenters. The molecule has 0 spiro atoms. The average Bonchev–Trinajstić information content (AvgIpc) is 2.81. The molecule has 6 nitrogen and oxygen atoms in total. The lowest BCUT2D eigenvalue weighted by Gasteiger charge is -2.34. The lowest BCUT2D eigenvalue weighted by Crippen LogP contribution is -2.48. The maximum Gasteiger partial charge on any atom is 0.243 e. The van der Waals surface area contributed by atoms with Crippen LogP contribution >= 0.6 is 0 Å². The summed E-state index contributed by atoms with van der Waals surface area (Å²) in [6.07, 6.45) is 1.45. The van der Waals surface area contributed by atoms with Crippen molar-refractivity contribution < 1.29 is 17.9 Å². The van der Waals surface area contributed by atoms with Crippen molar-refractivity contribution in [2.75, 3.05) is 24.5 Å². The van der Waals surface area contributed by atoms with Crippen molar-refractivity contribution in [3.63, 3.8) is 0 Å². The molecule has 1 fully saturated rings. The largest absolute Gasteiger partial charge is 0.373 e. The van der Waals surface area contributed by atoms with Gasteiger partial charge in [0.15, 0.2) is 0 Å². The van der Waals surface area contributed by atoms with E-state index in [-0.39, 0.29) is 24.0 Å². The normalized spacial score (nSPS) is 29.8. The Hall–Kier alpha value is -1.44. The summed E-state index contributed by atoms with van der Waals surface area (Å²) >= 11 is 0. The molecule has 0 aliphatic carbocycles. The van der Waals surface area contributed by atoms with Gasteiger partial charge in [-0.05, 0) is 56.9 Å². The molecule has 25 heavy (non-hydrogen) atoms. The summed E-state index contributed by atoms with van der Waals surface area (Å²) in [5.41, 5.74) is 2.79. The maximum atomic E-state index is 13.2. The molecule has 1 aromatic rings. The van der Waals surface area contributed by atoms with E-state index in [2.05, 4.69) is 0 Å². The Bertz CT molecular complexity index is 826. The summed E-state index contributed by atoms with van der Waals surface area (Å²) in [6, 6.07) is 3.49. The number of rotatable bonds is 2. The number of hydrogen-bond donors (Lipinski definition) is 0. The molecule has 3 aliphatic heterocycles. The first-order valence-corrected chi connectivity index (χ1v) is 10.4. The van der Waals surface area contributed by atoms with Crippen LogP contribution in [-0.2, 0) is 26.0 Å². The number of ether oxygens (including phenoxy) is 1. The minimum atomic E-state index is -3.59. The third-order valence-corrected chi connectivity index (χ3v) is 7.23. The molecule has 0 aromatic heterocycles. The van der Waals surface area contributed by atoms with E-state index in [4.69, 9.17) is 4.74 Å². The number of aryl methyl sites for hydroxylation is 1. The van der Waals surface area contributed by atoms with Crippen LogP contribution in [-0.4, -0.2) is 50.5 Å². The average molecular weight is 364 g/mol. The Morgan fingerprint density at radius 2 is 1.80 bits per heavy atom. The summed E-state index contributed by atoms with van der Waals surface area (Å²) in [5.74, 6) is -0.191. The van der Waals surface area contributed by atoms with Gasteiger partial charge in [-0.25, -0.2) is 8.42 Å². The van der Waals surface area contributed by atoms with Crippen LogP contribution in [0.3, 0.4) is 0 Å². The summed E-state index contributed by atoms with van der Waals surface area (Å²) in [5, 5.41) is 0. The Morgan fingerprint density at radius 1 is 1.12 bits per heavy atom. The van der Waals surface area contributed by atoms with Crippen LogP contribution in [0.15, 0.2) is 17.0 Å². The second kappa shape index (κ2) is 5.79. The first-order chi connectivity index (χ1) is 11.8. The highest BCUT2D eigenvalue weighted by Crippen LogP contribution is 2.44. The number of benzene rings is 1. The van der Waals surface area contributed by atoms with Crippen LogP contribution in [0.2, 0.25) is 0 Å². The summed E-state index contributed by atoms with van der Waals surface area (Å²) < 4.78 is 33.6. The second-order valence-electron chi connectivity index (χ2n) is 7.41. The standard InChI is InChI=1S/C18H24N2O4S/c1-11-9-19(10-12(2)24-11)25(22,23)15-7-14-5-4-6-20-17(14)16(8-15)13(3)18(20)21/h7-8,11-13H,4-6,9-10H2,1-3H3/t11-,12-,13+/m1/s1. The van der Waals surface area contributed by atoms with E-state index in [1.165, 1.54) is 4.31 Å². The number of anilines is 1. The number of amides is 1. The van der Waals surface area contributed by atoms with Gasteiger partial charge in [-0.1, -0.05) is 0 Å². The minimum absolute atomic E-state index is 0.0825. The predicted molar refractivity (Wildman–Crippen MR) is 94.3 cm³/mol. The predicted octanol–water partition coefficient (Wildman–Crippen LogP) is 1.88. The minimum Gasteiger partial charge on any atom is -0.373 e. The molecule has 136 valence electrons. The monoisotopic (exact) mass is 364 g/mol. The Morgan fingerprint density at radius 3 is 2.48 bits per heavy atom. The molecule has 1 aromatic carbocycles. The van der Waals surface area contributed by atoms with Crippen LogP contribution in [0.25, 0.3) is 0 Å². The van der Waals surface area contributed by atoms with Crippen LogP contribution in [0.1, 0.15) is 44.2 Å². The summed E-state index contributed by atoms with van der Waals surface area (Å²) in [6.45, 7) is 7.10. The third kappa shape index (κ3) is 2.60. The topological polar surface area (TPSA) is 66.9 Å². The van der Waals surface area contributed by atoms with E-state index in [0.29, 0.717) is 18.0 Å². The number of carbonyl (C=O) groups excluding carboxylic acids is 1. The first-order valence-electron chi connectivity index (χ1n) is 8.93. The molecular formula is C18H24N2O4S. The Balaban J connectivity index is 1.78. The number of carbonyl (C=O) groups is 1. The van der Waals surface area contributed by atoms with E-state index in [1.54, 1.807) is 12.1 Å². The van der Waals surface area contributed by atoms with E-state index in [0.717, 1.165) is 36.2 Å². The number of sulfonamides is 1. The van der Waals surface area contributed by atoms with Crippen molar-refractivity contribution in [3.05, 3.63) is 23.3 Å². The van der Waals surface area contributed by atoms with Crippen molar-refractivity contribution in [2.24, 2.45) is 0 Å². The number of nitrogens with zero attached hydrogens (tertiary/aromatic N) is 2. The van der Waals surface area contributed by atoms with Gasteiger partial charge in [0, 0.05) is 19.6 Å². The Labute approximate surface area is 148 Å². The summed E-state index contributed by atoms with van der Waals surface area (Å²) in [7, 11) is -3.59. The van der Waals surface area contributed by atoms with Gasteiger partial charge in [0.2, 0.25) is 15.9 Å². The molecule has 3 atom stereocenters. The highest BCUT2D eigenvalue weighted by Gasteiger charge is 2.40. The fourth-order valence-corrected chi connectivity index (χ4v) is 5.97. The highest BCUT2D eigenvalue weighted by molar-refractivity contribution is 7.89. The number of morpholine rings is 1. The molecule has 3 heterocycles. The molecule has 0 radical (unpaired) electrons. The van der Waals surface area contributed by atoms with Crippen molar-refractivity contribution in [1.29, 1.82) is 0 Å². The zero-order chi connectivity index (χ0) is 17.9. The van der Waals surface area contributed by atoms with E-state index in [1.807, 2.05) is 25.7 Å². The van der Waals surface area contributed by atoms with Gasteiger partial charge < -0.3 is 9.64 Å². The van der Waals surface area contributed by atoms with Gasteiger partial charge in [0.25, 0.3) is 0 Å². The lowest BCUT2D eigenvalue weighted by atomic mass is 9.97. The van der Waals surface area contributed by atoms with Crippen molar-refractivity contribution >= 4 is 21.6 Å². The molecular weight excluding hydrogens is 340 g/mol. The van der Waals surface area contributed by atoms with E-state index in [9.17, 15) is 13.2 Å². The smallest absolute Gasteiger partial charge is 0.243 e. The fraction of sp³-hybridized carbons (Fsp3) is 0.611. The van der Waals surface area contributed by atoms with Crippen LogP contribution in [0.4, 0.5) is 5.69 Å². The molecule has 4 rings (SSSR count). The van der Waals surface area contributed by atoms with Crippen LogP contribution in [0.5, 0.6) is 0 Å². The van der Waals surface area contributed by atoms with Gasteiger partial charge in [0.05, 0.1) is 28.7 Å². The SMILES string of the molecule is C[C@@H]1CN(S(=O)(=O)c2cc3c4c(c2)[C@H](C)C(=O)N4CCC3)C[C@@H](C)O1. The maximum absolute atomic E-state index is 13.2. The molecule has 0 saturated carbocycles. The van der Waals surface area contributed by atoms with E-state index < -0.39 is 10.0 Å². The van der Waals surface area contributed by atoms with Gasteiger partial charge in [-0.3, -0.25) is 4.79 Å². The fourth-order valence-electron chi connectivity index (χ4n) is 4.29. The van der Waals surface area contributed by atoms with Gasteiger partial charge in [0.1, 0.15) is 0 Å². The molecule has 3 aliphatic rings. The Kier molecular flexibility index (Phi) is 3.94. The van der Waals surface area contributed by atoms with Crippen molar-refractivity contribution in [1.82, 2.24) is 4.31 Å². The van der Waals surface area contributed by atoms with Crippen molar-refractivity contribution in [2.45, 2.75) is 56.6 Å². The lowest BCUT2D eigenvalue weighted by molar-refractivity contribution is -0.119. The van der Waals surface area contributed by atoms with Crippen LogP contribution in [0, 0.1) is 0 Å². The molecule has 0 bridgehead atoms. The zero-order valence-corrected chi connectivity index (χ0v) is 15.7. The highest BCUT2D eigenvalue weighted by atomic mass is 32.2. The molecule has 0 N–H and O–H groups in total. The van der Waals surface area contributed by atoms with Gasteiger partial charge in [-0.15, -0.1) is 0 Å². The van der Waals surface area contributed by atoms with Gasteiger partial charge in [-0.2, -0.15) is 4.31 Å². The molecule has 1 saturated heterocycles. The second-order valence-corrected chi connectivity index (χ2v) is 9.35. The van der Waals surface area contributed by atoms with Crippen LogP contribution < -0.4 is 4.90 Å². The quantitative estimate of drug-likeness (QED) is 0.804.